The third-order valence-corrected chi connectivity index (χ3v) is 5.62. The number of para-hydroxylation sites is 2. The molecule has 6 heteroatoms. The van der Waals surface area contributed by atoms with Crippen molar-refractivity contribution in [2.24, 2.45) is 0 Å². The number of carbonyl (C=O) groups excluding carboxylic acids is 1. The van der Waals surface area contributed by atoms with E-state index in [-0.39, 0.29) is 5.75 Å². The fraction of sp³-hybridized carbons (Fsp3) is 0.278. The van der Waals surface area contributed by atoms with Gasteiger partial charge >= 0.3 is 0 Å². The summed E-state index contributed by atoms with van der Waals surface area (Å²) < 4.78 is 30.9. The van der Waals surface area contributed by atoms with Gasteiger partial charge in [0.25, 0.3) is 0 Å². The minimum Gasteiger partial charge on any atom is -0.457 e. The predicted molar refractivity (Wildman–Crippen MR) is 93.7 cm³/mol. The summed E-state index contributed by atoms with van der Waals surface area (Å²) in [5, 5.41) is -1.10. The van der Waals surface area contributed by atoms with Crippen molar-refractivity contribution in [3.63, 3.8) is 0 Å². The SMILES string of the molecule is C[C@@H](C(=O)N(C)C)S(=O)(=O)Cc1ccccc1Oc1ccccc1. The number of sulfone groups is 1. The maximum Gasteiger partial charge on any atom is 0.240 e. The van der Waals surface area contributed by atoms with Crippen molar-refractivity contribution in [3.8, 4) is 11.5 Å². The van der Waals surface area contributed by atoms with E-state index < -0.39 is 21.0 Å². The van der Waals surface area contributed by atoms with Gasteiger partial charge in [0.1, 0.15) is 16.7 Å². The third kappa shape index (κ3) is 4.35. The van der Waals surface area contributed by atoms with Crippen molar-refractivity contribution < 1.29 is 17.9 Å². The average Bonchev–Trinajstić information content (AvgIpc) is 2.56. The largest absolute Gasteiger partial charge is 0.457 e. The Labute approximate surface area is 142 Å². The van der Waals surface area contributed by atoms with Crippen LogP contribution in [-0.2, 0) is 20.4 Å². The molecule has 0 N–H and O–H groups in total. The Bertz CT molecular complexity index is 801. The van der Waals surface area contributed by atoms with Gasteiger partial charge < -0.3 is 9.64 Å². The van der Waals surface area contributed by atoms with Crippen LogP contribution in [0.2, 0.25) is 0 Å². The number of carbonyl (C=O) groups is 1. The molecule has 1 atom stereocenters. The van der Waals surface area contributed by atoms with Gasteiger partial charge in [-0.1, -0.05) is 36.4 Å². The second-order valence-corrected chi connectivity index (χ2v) is 8.03. The molecule has 0 radical (unpaired) electrons. The Hall–Kier alpha value is -2.34. The van der Waals surface area contributed by atoms with Crippen LogP contribution in [0.15, 0.2) is 54.6 Å². The highest BCUT2D eigenvalue weighted by Crippen LogP contribution is 2.27. The summed E-state index contributed by atoms with van der Waals surface area (Å²) in [5.74, 6) is 0.407. The molecule has 2 rings (SSSR count). The molecule has 5 nitrogen and oxygen atoms in total. The fourth-order valence-electron chi connectivity index (χ4n) is 2.20. The van der Waals surface area contributed by atoms with Crippen molar-refractivity contribution in [1.29, 1.82) is 0 Å². The van der Waals surface area contributed by atoms with E-state index in [0.717, 1.165) is 0 Å². The smallest absolute Gasteiger partial charge is 0.240 e. The summed E-state index contributed by atoms with van der Waals surface area (Å²) in [7, 11) is -0.559. The van der Waals surface area contributed by atoms with Crippen molar-refractivity contribution in [2.75, 3.05) is 14.1 Å². The maximum atomic E-state index is 12.5. The average molecular weight is 347 g/mol. The van der Waals surface area contributed by atoms with Crippen molar-refractivity contribution in [2.45, 2.75) is 17.9 Å². The number of ether oxygens (including phenoxy) is 1. The zero-order valence-electron chi connectivity index (χ0n) is 14.0. The summed E-state index contributed by atoms with van der Waals surface area (Å²) >= 11 is 0. The van der Waals surface area contributed by atoms with E-state index in [1.807, 2.05) is 18.2 Å². The molecule has 2 aromatic rings. The van der Waals surface area contributed by atoms with E-state index >= 15 is 0 Å². The summed E-state index contributed by atoms with van der Waals surface area (Å²) in [6.07, 6.45) is 0. The van der Waals surface area contributed by atoms with Crippen LogP contribution in [0.3, 0.4) is 0 Å². The molecule has 0 saturated carbocycles. The minimum atomic E-state index is -3.64. The lowest BCUT2D eigenvalue weighted by molar-refractivity contribution is -0.127. The van der Waals surface area contributed by atoms with Gasteiger partial charge in [0.2, 0.25) is 5.91 Å². The standard InChI is InChI=1S/C18H21NO4S/c1-14(18(20)19(2)3)24(21,22)13-15-9-7-8-12-17(15)23-16-10-5-4-6-11-16/h4-12,14H,13H2,1-3H3/t14-/m0/s1. The van der Waals surface area contributed by atoms with Crippen LogP contribution in [0.4, 0.5) is 0 Å². The van der Waals surface area contributed by atoms with E-state index in [1.165, 1.54) is 11.8 Å². The molecule has 0 bridgehead atoms. The number of hydrogen-bond acceptors (Lipinski definition) is 4. The molecule has 1 amide bonds. The first-order valence-electron chi connectivity index (χ1n) is 7.55. The van der Waals surface area contributed by atoms with E-state index in [4.69, 9.17) is 4.74 Å². The second kappa shape index (κ2) is 7.49. The van der Waals surface area contributed by atoms with Crippen LogP contribution in [0.1, 0.15) is 12.5 Å². The van der Waals surface area contributed by atoms with Gasteiger partial charge in [0.15, 0.2) is 9.84 Å². The second-order valence-electron chi connectivity index (χ2n) is 5.70. The maximum absolute atomic E-state index is 12.5. The molecule has 0 fully saturated rings. The van der Waals surface area contributed by atoms with Crippen molar-refractivity contribution in [1.82, 2.24) is 4.90 Å². The Balaban J connectivity index is 2.25. The van der Waals surface area contributed by atoms with Gasteiger partial charge in [-0.3, -0.25) is 4.79 Å². The number of amides is 1. The monoisotopic (exact) mass is 347 g/mol. The van der Waals surface area contributed by atoms with Crippen LogP contribution in [0.5, 0.6) is 11.5 Å². The van der Waals surface area contributed by atoms with Crippen LogP contribution in [-0.4, -0.2) is 38.6 Å². The molecular weight excluding hydrogens is 326 g/mol. The Morgan fingerprint density at radius 3 is 2.25 bits per heavy atom. The highest BCUT2D eigenvalue weighted by Gasteiger charge is 2.30. The highest BCUT2D eigenvalue weighted by atomic mass is 32.2. The first kappa shape index (κ1) is 18.0. The van der Waals surface area contributed by atoms with Crippen molar-refractivity contribution in [3.05, 3.63) is 60.2 Å². The molecule has 0 saturated heterocycles. The van der Waals surface area contributed by atoms with Gasteiger partial charge in [-0.2, -0.15) is 0 Å². The molecule has 0 aromatic heterocycles. The normalized spacial score (nSPS) is 12.5. The molecule has 0 spiro atoms. The summed E-state index contributed by atoms with van der Waals surface area (Å²) in [4.78, 5) is 13.3. The molecule has 0 unspecified atom stereocenters. The number of rotatable bonds is 6. The zero-order chi connectivity index (χ0) is 17.7. The molecule has 0 aliphatic heterocycles. The highest BCUT2D eigenvalue weighted by molar-refractivity contribution is 7.92. The third-order valence-electron chi connectivity index (χ3n) is 3.63. The molecule has 0 aliphatic carbocycles. The zero-order valence-corrected chi connectivity index (χ0v) is 14.8. The lowest BCUT2D eigenvalue weighted by Gasteiger charge is -2.18. The van der Waals surface area contributed by atoms with Gasteiger partial charge in [0, 0.05) is 19.7 Å². The molecule has 0 aliphatic rings. The summed E-state index contributed by atoms with van der Waals surface area (Å²) in [6, 6.07) is 16.1. The minimum absolute atomic E-state index is 0.253. The van der Waals surface area contributed by atoms with Crippen LogP contribution in [0.25, 0.3) is 0 Å². The lowest BCUT2D eigenvalue weighted by atomic mass is 10.2. The van der Waals surface area contributed by atoms with E-state index in [1.54, 1.807) is 50.5 Å². The summed E-state index contributed by atoms with van der Waals surface area (Å²) in [6.45, 7) is 1.42. The molecule has 2 aromatic carbocycles. The number of benzene rings is 2. The molecular formula is C18H21NO4S. The first-order valence-corrected chi connectivity index (χ1v) is 9.26. The Morgan fingerprint density at radius 1 is 1.04 bits per heavy atom. The van der Waals surface area contributed by atoms with E-state index in [2.05, 4.69) is 0 Å². The quantitative estimate of drug-likeness (QED) is 0.806. The van der Waals surface area contributed by atoms with Gasteiger partial charge in [0.05, 0.1) is 5.75 Å². The number of nitrogens with zero attached hydrogens (tertiary/aromatic N) is 1. The number of hydrogen-bond donors (Lipinski definition) is 0. The van der Waals surface area contributed by atoms with E-state index in [9.17, 15) is 13.2 Å². The fourth-order valence-corrected chi connectivity index (χ4v) is 3.64. The molecule has 128 valence electrons. The van der Waals surface area contributed by atoms with Gasteiger partial charge in [-0.25, -0.2) is 8.42 Å². The molecule has 24 heavy (non-hydrogen) atoms. The van der Waals surface area contributed by atoms with E-state index in [0.29, 0.717) is 17.1 Å². The first-order chi connectivity index (χ1) is 11.3. The van der Waals surface area contributed by atoms with Crippen LogP contribution in [0, 0.1) is 0 Å². The Kier molecular flexibility index (Phi) is 5.62. The van der Waals surface area contributed by atoms with Crippen LogP contribution >= 0.6 is 0 Å². The topological polar surface area (TPSA) is 63.7 Å². The predicted octanol–water partition coefficient (Wildman–Crippen LogP) is 2.87. The summed E-state index contributed by atoms with van der Waals surface area (Å²) in [5.41, 5.74) is 0.528. The lowest BCUT2D eigenvalue weighted by Crippen LogP contribution is -2.37. The van der Waals surface area contributed by atoms with Crippen molar-refractivity contribution >= 4 is 15.7 Å². The van der Waals surface area contributed by atoms with Crippen LogP contribution < -0.4 is 4.74 Å². The Morgan fingerprint density at radius 2 is 1.62 bits per heavy atom. The van der Waals surface area contributed by atoms with Gasteiger partial charge in [-0.05, 0) is 25.1 Å². The van der Waals surface area contributed by atoms with Gasteiger partial charge in [-0.15, -0.1) is 0 Å². The molecule has 0 heterocycles.